The average Bonchev–Trinajstić information content (AvgIpc) is 2.88. The molecule has 0 saturated heterocycles. The van der Waals surface area contributed by atoms with Gasteiger partial charge >= 0.3 is 0 Å². The van der Waals surface area contributed by atoms with Gasteiger partial charge in [0.15, 0.2) is 11.5 Å². The van der Waals surface area contributed by atoms with Gasteiger partial charge in [0.25, 0.3) is 11.8 Å². The van der Waals surface area contributed by atoms with E-state index in [0.29, 0.717) is 39.8 Å². The molecule has 8 heteroatoms. The maximum atomic E-state index is 13.2. The number of hydrogen-bond acceptors (Lipinski definition) is 6. The second-order valence-corrected chi connectivity index (χ2v) is 7.01. The van der Waals surface area contributed by atoms with Crippen molar-refractivity contribution >= 4 is 23.6 Å². The number of para-hydroxylation sites is 2. The predicted octanol–water partition coefficient (Wildman–Crippen LogP) is 4.13. The van der Waals surface area contributed by atoms with Crippen molar-refractivity contribution in [2.45, 2.75) is 0 Å². The fraction of sp³-hybridized carbons (Fsp3) is 0.154. The molecule has 0 fully saturated rings. The Balaban J connectivity index is 1.95. The van der Waals surface area contributed by atoms with Gasteiger partial charge in [-0.15, -0.1) is 0 Å². The lowest BCUT2D eigenvalue weighted by Gasteiger charge is -2.14. The van der Waals surface area contributed by atoms with E-state index in [4.69, 9.17) is 18.9 Å². The van der Waals surface area contributed by atoms with Crippen LogP contribution in [0.3, 0.4) is 0 Å². The molecule has 0 aliphatic heterocycles. The monoisotopic (exact) mass is 462 g/mol. The smallest absolute Gasteiger partial charge is 0.272 e. The lowest BCUT2D eigenvalue weighted by molar-refractivity contribution is -0.113. The highest BCUT2D eigenvalue weighted by atomic mass is 16.5. The van der Waals surface area contributed by atoms with Gasteiger partial charge in [0, 0.05) is 5.56 Å². The van der Waals surface area contributed by atoms with Crippen LogP contribution < -0.4 is 29.6 Å². The Morgan fingerprint density at radius 3 is 2.06 bits per heavy atom. The van der Waals surface area contributed by atoms with E-state index in [-0.39, 0.29) is 5.70 Å². The van der Waals surface area contributed by atoms with E-state index < -0.39 is 11.8 Å². The first-order chi connectivity index (χ1) is 16.5. The molecule has 0 saturated carbocycles. The Hall–Kier alpha value is -4.46. The van der Waals surface area contributed by atoms with Crippen LogP contribution in [-0.2, 0) is 4.79 Å². The van der Waals surface area contributed by atoms with E-state index in [9.17, 15) is 9.59 Å². The Kier molecular flexibility index (Phi) is 8.12. The highest BCUT2D eigenvalue weighted by Crippen LogP contribution is 2.29. The number of ether oxygens (including phenoxy) is 4. The third-order valence-electron chi connectivity index (χ3n) is 4.92. The van der Waals surface area contributed by atoms with E-state index in [1.165, 1.54) is 21.3 Å². The normalized spacial score (nSPS) is 10.8. The number of hydrogen-bond donors (Lipinski definition) is 2. The highest BCUT2D eigenvalue weighted by molar-refractivity contribution is 6.11. The summed E-state index contributed by atoms with van der Waals surface area (Å²) in [6.07, 6.45) is 1.55. The minimum absolute atomic E-state index is 0.0268. The van der Waals surface area contributed by atoms with E-state index in [2.05, 4.69) is 10.6 Å². The number of carbonyl (C=O) groups excluding carboxylic acids is 2. The molecule has 2 amide bonds. The summed E-state index contributed by atoms with van der Waals surface area (Å²) in [5, 5.41) is 5.48. The van der Waals surface area contributed by atoms with Gasteiger partial charge in [-0.05, 0) is 60.2 Å². The molecule has 0 spiro atoms. The fourth-order valence-corrected chi connectivity index (χ4v) is 3.14. The Morgan fingerprint density at radius 2 is 1.41 bits per heavy atom. The number of carbonyl (C=O) groups is 2. The van der Waals surface area contributed by atoms with Gasteiger partial charge < -0.3 is 29.6 Å². The van der Waals surface area contributed by atoms with Gasteiger partial charge in [-0.25, -0.2) is 0 Å². The van der Waals surface area contributed by atoms with Gasteiger partial charge in [-0.1, -0.05) is 18.2 Å². The summed E-state index contributed by atoms with van der Waals surface area (Å²) >= 11 is 0. The maximum Gasteiger partial charge on any atom is 0.272 e. The minimum Gasteiger partial charge on any atom is -0.497 e. The molecule has 0 aromatic heterocycles. The summed E-state index contributed by atoms with van der Waals surface area (Å²) in [5.74, 6) is 1.16. The van der Waals surface area contributed by atoms with E-state index in [1.54, 1.807) is 79.9 Å². The van der Waals surface area contributed by atoms with Crippen LogP contribution in [0.15, 0.2) is 72.4 Å². The minimum atomic E-state index is -0.527. The summed E-state index contributed by atoms with van der Waals surface area (Å²) in [7, 11) is 6.11. The number of rotatable bonds is 9. The largest absolute Gasteiger partial charge is 0.497 e. The molecule has 0 bridgehead atoms. The molecule has 0 radical (unpaired) electrons. The van der Waals surface area contributed by atoms with Gasteiger partial charge in [0.05, 0.1) is 34.1 Å². The first-order valence-electron chi connectivity index (χ1n) is 10.3. The summed E-state index contributed by atoms with van der Waals surface area (Å²) in [6.45, 7) is 0. The van der Waals surface area contributed by atoms with Crippen molar-refractivity contribution in [3.8, 4) is 23.0 Å². The van der Waals surface area contributed by atoms with Crippen LogP contribution in [0.4, 0.5) is 5.69 Å². The van der Waals surface area contributed by atoms with Crippen molar-refractivity contribution in [3.63, 3.8) is 0 Å². The highest BCUT2D eigenvalue weighted by Gasteiger charge is 2.17. The molecule has 0 atom stereocenters. The molecule has 0 aliphatic rings. The first kappa shape index (κ1) is 24.2. The van der Waals surface area contributed by atoms with E-state index in [0.717, 1.165) is 0 Å². The number of anilines is 1. The predicted molar refractivity (Wildman–Crippen MR) is 130 cm³/mol. The standard InChI is InChI=1S/C26H26N2O6/c1-31-19-12-10-18(11-13-19)25(29)28-21(15-17-9-14-23(33-3)24(16-17)34-4)26(30)27-20-7-5-6-8-22(20)32-2/h5-16H,1-4H3,(H,27,30)(H,28,29)/b21-15+. The molecule has 2 N–H and O–H groups in total. The summed E-state index contributed by atoms with van der Waals surface area (Å²) in [6, 6.07) is 18.7. The Labute approximate surface area is 198 Å². The molecular formula is C26H26N2O6. The van der Waals surface area contributed by atoms with Crippen LogP contribution in [0, 0.1) is 0 Å². The Bertz CT molecular complexity index is 1190. The topological polar surface area (TPSA) is 95.1 Å². The quantitative estimate of drug-likeness (QED) is 0.465. The lowest BCUT2D eigenvalue weighted by atomic mass is 10.1. The second-order valence-electron chi connectivity index (χ2n) is 7.01. The Morgan fingerprint density at radius 1 is 0.735 bits per heavy atom. The van der Waals surface area contributed by atoms with Gasteiger partial charge in [0.2, 0.25) is 0 Å². The van der Waals surface area contributed by atoms with Crippen LogP contribution in [0.5, 0.6) is 23.0 Å². The van der Waals surface area contributed by atoms with Crippen molar-refractivity contribution in [3.05, 3.63) is 83.6 Å². The maximum absolute atomic E-state index is 13.2. The van der Waals surface area contributed by atoms with Crippen molar-refractivity contribution < 1.29 is 28.5 Å². The molecular weight excluding hydrogens is 436 g/mol. The van der Waals surface area contributed by atoms with Crippen LogP contribution >= 0.6 is 0 Å². The molecule has 176 valence electrons. The molecule has 3 rings (SSSR count). The third-order valence-corrected chi connectivity index (χ3v) is 4.92. The first-order valence-corrected chi connectivity index (χ1v) is 10.3. The van der Waals surface area contributed by atoms with Crippen molar-refractivity contribution in [1.82, 2.24) is 5.32 Å². The molecule has 0 unspecified atom stereocenters. The molecule has 34 heavy (non-hydrogen) atoms. The van der Waals surface area contributed by atoms with Crippen molar-refractivity contribution in [2.75, 3.05) is 33.8 Å². The van der Waals surface area contributed by atoms with Crippen molar-refractivity contribution in [1.29, 1.82) is 0 Å². The second kappa shape index (κ2) is 11.4. The van der Waals surface area contributed by atoms with Gasteiger partial charge in [-0.2, -0.15) is 0 Å². The van der Waals surface area contributed by atoms with E-state index in [1.807, 2.05) is 0 Å². The van der Waals surface area contributed by atoms with Crippen LogP contribution in [0.25, 0.3) is 6.08 Å². The average molecular weight is 463 g/mol. The molecule has 3 aromatic rings. The van der Waals surface area contributed by atoms with E-state index >= 15 is 0 Å². The van der Waals surface area contributed by atoms with Crippen LogP contribution in [-0.4, -0.2) is 40.3 Å². The van der Waals surface area contributed by atoms with Crippen LogP contribution in [0.2, 0.25) is 0 Å². The zero-order valence-corrected chi connectivity index (χ0v) is 19.4. The lowest BCUT2D eigenvalue weighted by Crippen LogP contribution is -2.30. The van der Waals surface area contributed by atoms with Crippen molar-refractivity contribution in [2.24, 2.45) is 0 Å². The fourth-order valence-electron chi connectivity index (χ4n) is 3.14. The molecule has 0 heterocycles. The number of methoxy groups -OCH3 is 4. The summed E-state index contributed by atoms with van der Waals surface area (Å²) in [5.41, 5.74) is 1.48. The number of amides is 2. The SMILES string of the molecule is COc1ccc(C(=O)N/C(=C/c2ccc(OC)c(OC)c2)C(=O)Nc2ccccc2OC)cc1. The molecule has 8 nitrogen and oxygen atoms in total. The van der Waals surface area contributed by atoms with Crippen LogP contribution in [0.1, 0.15) is 15.9 Å². The number of nitrogens with one attached hydrogen (secondary N) is 2. The summed E-state index contributed by atoms with van der Waals surface area (Å²) in [4.78, 5) is 26.1. The zero-order valence-electron chi connectivity index (χ0n) is 19.4. The zero-order chi connectivity index (χ0) is 24.5. The third kappa shape index (κ3) is 5.86. The molecule has 3 aromatic carbocycles. The molecule has 0 aliphatic carbocycles. The van der Waals surface area contributed by atoms with Gasteiger partial charge in [0.1, 0.15) is 17.2 Å². The summed E-state index contributed by atoms with van der Waals surface area (Å²) < 4.78 is 21.1. The van der Waals surface area contributed by atoms with Gasteiger partial charge in [-0.3, -0.25) is 9.59 Å². The number of benzene rings is 3.